The number of carbonyl (C=O) groups is 2. The number of anilines is 1. The Morgan fingerprint density at radius 3 is 1.64 bits per heavy atom. The summed E-state index contributed by atoms with van der Waals surface area (Å²) in [6, 6.07) is 34.3. The van der Waals surface area contributed by atoms with Crippen LogP contribution < -0.4 is 4.90 Å². The summed E-state index contributed by atoms with van der Waals surface area (Å²) in [5.74, 6) is 0.473. The molecule has 0 spiro atoms. The highest BCUT2D eigenvalue weighted by atomic mass is 16.4. The van der Waals surface area contributed by atoms with E-state index in [4.69, 9.17) is 13.8 Å². The fraction of sp³-hybridized carbons (Fsp3) is 0.0286. The molecule has 3 heterocycles. The molecule has 7 nitrogen and oxygen atoms in total. The van der Waals surface area contributed by atoms with E-state index in [0.29, 0.717) is 34.2 Å². The van der Waals surface area contributed by atoms with Crippen LogP contribution in [0.5, 0.6) is 0 Å². The molecule has 5 aromatic carbocycles. The monoisotopic (exact) mass is 547 g/mol. The summed E-state index contributed by atoms with van der Waals surface area (Å²) in [4.78, 5) is 36.0. The molecule has 2 amide bonds. The van der Waals surface area contributed by atoms with E-state index in [2.05, 4.69) is 29.2 Å². The van der Waals surface area contributed by atoms with Crippen LogP contribution in [0.4, 0.5) is 5.69 Å². The summed E-state index contributed by atoms with van der Waals surface area (Å²) in [6.07, 6.45) is 0. The third-order valence-electron chi connectivity index (χ3n) is 7.60. The van der Waals surface area contributed by atoms with Crippen LogP contribution in [0.3, 0.4) is 0 Å². The number of hydrogen-bond acceptors (Lipinski definition) is 6. The molecule has 7 aromatic rings. The van der Waals surface area contributed by atoms with Crippen molar-refractivity contribution >= 4 is 39.7 Å². The molecule has 0 fully saturated rings. The Kier molecular flexibility index (Phi) is 5.21. The Morgan fingerprint density at radius 1 is 0.548 bits per heavy atom. The molecule has 0 saturated heterocycles. The summed E-state index contributed by atoms with van der Waals surface area (Å²) in [5.41, 5.74) is 9.38. The SMILES string of the molecule is Cc1nc2cc(-c3ccc(-c4ccc5oc(-c6ccc(N7C(=O)c8ccccc8C7=O)cc6)nc5c4)cc3)ccc2o1. The first-order valence-corrected chi connectivity index (χ1v) is 13.5. The number of rotatable bonds is 4. The van der Waals surface area contributed by atoms with Crippen molar-refractivity contribution in [3.05, 3.63) is 126 Å². The van der Waals surface area contributed by atoms with Crippen LogP contribution in [0.25, 0.3) is 55.9 Å². The molecule has 1 aliphatic heterocycles. The van der Waals surface area contributed by atoms with Gasteiger partial charge in [-0.25, -0.2) is 14.9 Å². The van der Waals surface area contributed by atoms with E-state index in [-0.39, 0.29) is 11.8 Å². The first-order chi connectivity index (χ1) is 20.5. The van der Waals surface area contributed by atoms with Gasteiger partial charge in [0.15, 0.2) is 17.1 Å². The first kappa shape index (κ1) is 24.0. The summed E-state index contributed by atoms with van der Waals surface area (Å²) in [7, 11) is 0. The maximum absolute atomic E-state index is 12.8. The van der Waals surface area contributed by atoms with Gasteiger partial charge in [0, 0.05) is 12.5 Å². The van der Waals surface area contributed by atoms with Crippen LogP contribution in [-0.2, 0) is 0 Å². The Hall–Kier alpha value is -5.82. The van der Waals surface area contributed by atoms with Gasteiger partial charge in [-0.05, 0) is 82.9 Å². The predicted octanol–water partition coefficient (Wildman–Crippen LogP) is 8.08. The minimum absolute atomic E-state index is 0.322. The highest BCUT2D eigenvalue weighted by Crippen LogP contribution is 2.33. The second-order valence-corrected chi connectivity index (χ2v) is 10.2. The van der Waals surface area contributed by atoms with E-state index in [1.165, 1.54) is 4.90 Å². The number of hydrogen-bond donors (Lipinski definition) is 0. The lowest BCUT2D eigenvalue weighted by atomic mass is 10.00. The Labute approximate surface area is 239 Å². The normalized spacial score (nSPS) is 12.9. The summed E-state index contributed by atoms with van der Waals surface area (Å²) >= 11 is 0. The molecule has 7 heteroatoms. The Balaban J connectivity index is 1.05. The molecular formula is C35H21N3O4. The molecule has 0 bridgehead atoms. The number of fused-ring (bicyclic) bond motifs is 3. The first-order valence-electron chi connectivity index (χ1n) is 13.5. The van der Waals surface area contributed by atoms with Crippen molar-refractivity contribution in [1.82, 2.24) is 9.97 Å². The molecule has 0 aliphatic carbocycles. The highest BCUT2D eigenvalue weighted by molar-refractivity contribution is 6.34. The molecule has 0 N–H and O–H groups in total. The van der Waals surface area contributed by atoms with Crippen molar-refractivity contribution < 1.29 is 18.4 Å². The zero-order valence-electron chi connectivity index (χ0n) is 22.4. The highest BCUT2D eigenvalue weighted by Gasteiger charge is 2.36. The molecule has 8 rings (SSSR count). The third kappa shape index (κ3) is 3.83. The van der Waals surface area contributed by atoms with Gasteiger partial charge >= 0.3 is 0 Å². The third-order valence-corrected chi connectivity index (χ3v) is 7.60. The molecule has 1 aliphatic rings. The van der Waals surface area contributed by atoms with Gasteiger partial charge in [0.1, 0.15) is 11.0 Å². The maximum Gasteiger partial charge on any atom is 0.266 e. The lowest BCUT2D eigenvalue weighted by Gasteiger charge is -2.13. The number of nitrogens with zero attached hydrogens (tertiary/aromatic N) is 3. The molecule has 2 aromatic heterocycles. The van der Waals surface area contributed by atoms with E-state index in [1.54, 1.807) is 48.5 Å². The van der Waals surface area contributed by atoms with Gasteiger partial charge in [0.05, 0.1) is 16.8 Å². The molecule has 0 atom stereocenters. The molecule has 200 valence electrons. The molecule has 0 saturated carbocycles. The van der Waals surface area contributed by atoms with Crippen LogP contribution in [-0.4, -0.2) is 21.8 Å². The standard InChI is InChI=1S/C35H21N3O4/c1-20-36-29-18-24(12-16-31(29)41-20)21-6-8-22(9-7-21)25-13-17-32-30(19-25)37-33(42-32)23-10-14-26(15-11-23)38-34(39)27-4-2-3-5-28(27)35(38)40/h2-19H,1H3. The Bertz CT molecular complexity index is 2160. The van der Waals surface area contributed by atoms with Gasteiger partial charge in [0.2, 0.25) is 5.89 Å². The second kappa shape index (κ2) is 9.11. The van der Waals surface area contributed by atoms with E-state index in [9.17, 15) is 9.59 Å². The Morgan fingerprint density at radius 2 is 1.05 bits per heavy atom. The van der Waals surface area contributed by atoms with Crippen molar-refractivity contribution in [2.45, 2.75) is 6.92 Å². The number of benzene rings is 5. The number of oxazole rings is 2. The van der Waals surface area contributed by atoms with Gasteiger partial charge in [-0.3, -0.25) is 9.59 Å². The van der Waals surface area contributed by atoms with Crippen molar-refractivity contribution in [3.8, 4) is 33.7 Å². The van der Waals surface area contributed by atoms with Crippen LogP contribution >= 0.6 is 0 Å². The van der Waals surface area contributed by atoms with Crippen molar-refractivity contribution in [1.29, 1.82) is 0 Å². The summed E-state index contributed by atoms with van der Waals surface area (Å²) < 4.78 is 11.6. The van der Waals surface area contributed by atoms with Crippen molar-refractivity contribution in [2.24, 2.45) is 0 Å². The second-order valence-electron chi connectivity index (χ2n) is 10.2. The van der Waals surface area contributed by atoms with Crippen molar-refractivity contribution in [2.75, 3.05) is 4.90 Å². The van der Waals surface area contributed by atoms with Gasteiger partial charge in [-0.1, -0.05) is 48.5 Å². The molecule has 0 radical (unpaired) electrons. The van der Waals surface area contributed by atoms with E-state index in [0.717, 1.165) is 44.4 Å². The summed E-state index contributed by atoms with van der Waals surface area (Å²) in [6.45, 7) is 1.85. The number of aromatic nitrogens is 2. The van der Waals surface area contributed by atoms with Crippen LogP contribution in [0, 0.1) is 6.92 Å². The maximum atomic E-state index is 12.8. The van der Waals surface area contributed by atoms with Crippen LogP contribution in [0.1, 0.15) is 26.6 Å². The summed E-state index contributed by atoms with van der Waals surface area (Å²) in [5, 5.41) is 0. The van der Waals surface area contributed by atoms with E-state index < -0.39 is 0 Å². The molecular weight excluding hydrogens is 526 g/mol. The van der Waals surface area contributed by atoms with Crippen LogP contribution in [0.2, 0.25) is 0 Å². The number of imide groups is 1. The fourth-order valence-corrected chi connectivity index (χ4v) is 5.48. The zero-order chi connectivity index (χ0) is 28.4. The lowest BCUT2D eigenvalue weighted by molar-refractivity contribution is 0.0926. The topological polar surface area (TPSA) is 89.4 Å². The van der Waals surface area contributed by atoms with Crippen molar-refractivity contribution in [3.63, 3.8) is 0 Å². The quantitative estimate of drug-likeness (QED) is 0.207. The minimum Gasteiger partial charge on any atom is -0.441 e. The largest absolute Gasteiger partial charge is 0.441 e. The van der Waals surface area contributed by atoms with Gasteiger partial charge < -0.3 is 8.83 Å². The van der Waals surface area contributed by atoms with Gasteiger partial charge in [0.25, 0.3) is 11.8 Å². The number of carbonyl (C=O) groups excluding carboxylic acids is 2. The average Bonchev–Trinajstić information content (AvgIpc) is 3.69. The van der Waals surface area contributed by atoms with E-state index >= 15 is 0 Å². The molecule has 42 heavy (non-hydrogen) atoms. The smallest absolute Gasteiger partial charge is 0.266 e. The zero-order valence-corrected chi connectivity index (χ0v) is 22.4. The van der Waals surface area contributed by atoms with Gasteiger partial charge in [-0.2, -0.15) is 0 Å². The number of amides is 2. The lowest BCUT2D eigenvalue weighted by Crippen LogP contribution is -2.29. The van der Waals surface area contributed by atoms with Crippen LogP contribution in [0.15, 0.2) is 118 Å². The fourth-order valence-electron chi connectivity index (χ4n) is 5.48. The van der Waals surface area contributed by atoms with Gasteiger partial charge in [-0.15, -0.1) is 0 Å². The molecule has 0 unspecified atom stereocenters. The number of aryl methyl sites for hydroxylation is 1. The minimum atomic E-state index is -0.322. The van der Waals surface area contributed by atoms with E-state index in [1.807, 2.05) is 43.3 Å². The average molecular weight is 548 g/mol. The predicted molar refractivity (Wildman–Crippen MR) is 160 cm³/mol.